The minimum atomic E-state index is -0.777. The van der Waals surface area contributed by atoms with E-state index in [0.717, 1.165) is 37.5 Å². The van der Waals surface area contributed by atoms with Gasteiger partial charge in [-0.1, -0.05) is 0 Å². The van der Waals surface area contributed by atoms with Gasteiger partial charge in [-0.2, -0.15) is 0 Å². The molecule has 2 N–H and O–H groups in total. The number of fused-ring (bicyclic) bond motifs is 1. The summed E-state index contributed by atoms with van der Waals surface area (Å²) in [5.74, 6) is 0.542. The first kappa shape index (κ1) is 20.3. The second-order valence-electron chi connectivity index (χ2n) is 7.95. The zero-order valence-corrected chi connectivity index (χ0v) is 17.1. The molecule has 158 valence electrons. The summed E-state index contributed by atoms with van der Waals surface area (Å²) in [5, 5.41) is 12.8. The molecule has 7 heteroatoms. The summed E-state index contributed by atoms with van der Waals surface area (Å²) < 4.78 is 14.9. The van der Waals surface area contributed by atoms with Gasteiger partial charge in [-0.05, 0) is 61.9 Å². The minimum Gasteiger partial charge on any atom is -0.396 e. The first-order valence-corrected chi connectivity index (χ1v) is 10.4. The van der Waals surface area contributed by atoms with Crippen LogP contribution in [0.4, 0.5) is 21.6 Å². The van der Waals surface area contributed by atoms with Gasteiger partial charge in [-0.15, -0.1) is 0 Å². The average Bonchev–Trinajstić information content (AvgIpc) is 2.77. The van der Waals surface area contributed by atoms with Crippen molar-refractivity contribution in [2.45, 2.75) is 25.7 Å². The van der Waals surface area contributed by atoms with E-state index in [-0.39, 0.29) is 6.61 Å². The van der Waals surface area contributed by atoms with Crippen LogP contribution >= 0.6 is 0 Å². The van der Waals surface area contributed by atoms with Gasteiger partial charge < -0.3 is 19.9 Å². The highest BCUT2D eigenvalue weighted by Gasteiger charge is 2.19. The standard InChI is InChI=1S/C23H27FN4O2/c1-27-21-14-22(25-15-17(21)13-20(24)23(27)30)26-18-4-6-19(7-5-18)28-10-8-16(9-11-28)3-2-12-29/h4-7,13-16,29H,2-3,8-12H2,1H3,(H,25,26). The minimum absolute atomic E-state index is 0.286. The number of hydrogen-bond donors (Lipinski definition) is 2. The number of aromatic nitrogens is 2. The fraction of sp³-hybridized carbons (Fsp3) is 0.391. The van der Waals surface area contributed by atoms with E-state index in [9.17, 15) is 9.18 Å². The van der Waals surface area contributed by atoms with E-state index < -0.39 is 11.4 Å². The van der Waals surface area contributed by atoms with E-state index in [1.807, 2.05) is 12.1 Å². The molecule has 2 aromatic heterocycles. The summed E-state index contributed by atoms with van der Waals surface area (Å²) in [6.07, 6.45) is 5.91. The van der Waals surface area contributed by atoms with E-state index in [2.05, 4.69) is 27.3 Å². The van der Waals surface area contributed by atoms with E-state index in [4.69, 9.17) is 5.11 Å². The molecule has 0 unspecified atom stereocenters. The first-order valence-electron chi connectivity index (χ1n) is 10.4. The Balaban J connectivity index is 1.43. The monoisotopic (exact) mass is 410 g/mol. The van der Waals surface area contributed by atoms with Crippen molar-refractivity contribution in [2.75, 3.05) is 29.9 Å². The highest BCUT2D eigenvalue weighted by atomic mass is 19.1. The van der Waals surface area contributed by atoms with Crippen LogP contribution in [0.1, 0.15) is 25.7 Å². The number of anilines is 3. The number of halogens is 1. The summed E-state index contributed by atoms with van der Waals surface area (Å²) in [7, 11) is 1.55. The van der Waals surface area contributed by atoms with Gasteiger partial charge >= 0.3 is 0 Å². The smallest absolute Gasteiger partial charge is 0.286 e. The van der Waals surface area contributed by atoms with Gasteiger partial charge in [0.25, 0.3) is 5.56 Å². The quantitative estimate of drug-likeness (QED) is 0.647. The number of nitrogens with one attached hydrogen (secondary N) is 1. The summed E-state index contributed by atoms with van der Waals surface area (Å²) >= 11 is 0. The summed E-state index contributed by atoms with van der Waals surface area (Å²) in [6, 6.07) is 11.2. The Labute approximate surface area is 175 Å². The van der Waals surface area contributed by atoms with Crippen LogP contribution < -0.4 is 15.8 Å². The van der Waals surface area contributed by atoms with Crippen LogP contribution in [0.3, 0.4) is 0 Å². The Morgan fingerprint density at radius 3 is 2.63 bits per heavy atom. The van der Waals surface area contributed by atoms with E-state index >= 15 is 0 Å². The molecule has 30 heavy (non-hydrogen) atoms. The molecular formula is C23H27FN4O2. The van der Waals surface area contributed by atoms with Gasteiger partial charge in [-0.3, -0.25) is 4.79 Å². The van der Waals surface area contributed by atoms with Crippen molar-refractivity contribution in [3.8, 4) is 0 Å². The molecule has 1 aliphatic heterocycles. The summed E-state index contributed by atoms with van der Waals surface area (Å²) in [4.78, 5) is 18.6. The third kappa shape index (κ3) is 4.31. The zero-order chi connectivity index (χ0) is 21.1. The molecule has 0 saturated carbocycles. The molecule has 3 aromatic rings. The lowest BCUT2D eigenvalue weighted by Gasteiger charge is -2.33. The van der Waals surface area contributed by atoms with E-state index in [0.29, 0.717) is 16.7 Å². The molecule has 0 radical (unpaired) electrons. The average molecular weight is 410 g/mol. The normalized spacial score (nSPS) is 15.0. The fourth-order valence-corrected chi connectivity index (χ4v) is 4.16. The van der Waals surface area contributed by atoms with Crippen molar-refractivity contribution in [2.24, 2.45) is 13.0 Å². The largest absolute Gasteiger partial charge is 0.396 e. The lowest BCUT2D eigenvalue weighted by atomic mass is 9.92. The molecule has 3 heterocycles. The van der Waals surface area contributed by atoms with Crippen molar-refractivity contribution in [1.29, 1.82) is 0 Å². The number of aryl methyl sites for hydroxylation is 1. The molecule has 0 amide bonds. The number of nitrogens with zero attached hydrogens (tertiary/aromatic N) is 3. The zero-order valence-electron chi connectivity index (χ0n) is 17.1. The van der Waals surface area contributed by atoms with Gasteiger partial charge in [0.1, 0.15) is 5.82 Å². The van der Waals surface area contributed by atoms with Crippen LogP contribution in [-0.4, -0.2) is 34.4 Å². The molecule has 1 aliphatic rings. The number of benzene rings is 1. The lowest BCUT2D eigenvalue weighted by Crippen LogP contribution is -2.33. The van der Waals surface area contributed by atoms with Crippen LogP contribution in [0.15, 0.2) is 47.4 Å². The molecule has 0 aliphatic carbocycles. The highest BCUT2D eigenvalue weighted by molar-refractivity contribution is 5.81. The van der Waals surface area contributed by atoms with Gasteiger partial charge in [0.15, 0.2) is 5.82 Å². The van der Waals surface area contributed by atoms with Crippen molar-refractivity contribution in [3.05, 3.63) is 58.8 Å². The molecule has 1 aromatic carbocycles. The second-order valence-corrected chi connectivity index (χ2v) is 7.95. The molecule has 0 spiro atoms. The van der Waals surface area contributed by atoms with Gasteiger partial charge in [-0.25, -0.2) is 9.37 Å². The van der Waals surface area contributed by atoms with Gasteiger partial charge in [0.05, 0.1) is 5.52 Å². The second kappa shape index (κ2) is 8.83. The predicted molar refractivity (Wildman–Crippen MR) is 118 cm³/mol. The number of aliphatic hydroxyl groups excluding tert-OH is 1. The Kier molecular flexibility index (Phi) is 5.99. The van der Waals surface area contributed by atoms with Crippen molar-refractivity contribution >= 4 is 28.1 Å². The molecule has 1 saturated heterocycles. The topological polar surface area (TPSA) is 70.4 Å². The molecular weight excluding hydrogens is 383 g/mol. The first-order chi connectivity index (χ1) is 14.5. The van der Waals surface area contributed by atoms with Gasteiger partial charge in [0.2, 0.25) is 0 Å². The number of rotatable bonds is 6. The van der Waals surface area contributed by atoms with Crippen LogP contribution in [0, 0.1) is 11.7 Å². The number of piperidine rings is 1. The molecule has 1 fully saturated rings. The van der Waals surface area contributed by atoms with Crippen molar-refractivity contribution < 1.29 is 9.50 Å². The Bertz CT molecular complexity index is 1070. The molecule has 0 bridgehead atoms. The summed E-state index contributed by atoms with van der Waals surface area (Å²) in [6.45, 7) is 2.37. The third-order valence-electron chi connectivity index (χ3n) is 5.95. The lowest BCUT2D eigenvalue weighted by molar-refractivity contribution is 0.261. The SMILES string of the molecule is Cn1c(=O)c(F)cc2cnc(Nc3ccc(N4CCC(CCCO)CC4)cc3)cc21. The Morgan fingerprint density at radius 2 is 1.93 bits per heavy atom. The maximum absolute atomic E-state index is 13.6. The number of pyridine rings is 2. The third-order valence-corrected chi connectivity index (χ3v) is 5.95. The number of hydrogen-bond acceptors (Lipinski definition) is 5. The maximum Gasteiger partial charge on any atom is 0.286 e. The maximum atomic E-state index is 13.6. The van der Waals surface area contributed by atoms with Crippen molar-refractivity contribution in [1.82, 2.24) is 9.55 Å². The van der Waals surface area contributed by atoms with E-state index in [1.165, 1.54) is 29.2 Å². The van der Waals surface area contributed by atoms with Crippen molar-refractivity contribution in [3.63, 3.8) is 0 Å². The summed E-state index contributed by atoms with van der Waals surface area (Å²) in [5.41, 5.74) is 2.07. The predicted octanol–water partition coefficient (Wildman–Crippen LogP) is 3.81. The molecule has 0 atom stereocenters. The fourth-order valence-electron chi connectivity index (χ4n) is 4.16. The van der Waals surface area contributed by atoms with Gasteiger partial charge in [0, 0.05) is 55.8 Å². The molecule has 6 nitrogen and oxygen atoms in total. The van der Waals surface area contributed by atoms with Crippen LogP contribution in [0.25, 0.3) is 10.9 Å². The number of aliphatic hydroxyl groups is 1. The van der Waals surface area contributed by atoms with Crippen LogP contribution in [0.5, 0.6) is 0 Å². The van der Waals surface area contributed by atoms with Crippen LogP contribution in [0.2, 0.25) is 0 Å². The van der Waals surface area contributed by atoms with E-state index in [1.54, 1.807) is 19.3 Å². The van der Waals surface area contributed by atoms with Crippen LogP contribution in [-0.2, 0) is 7.05 Å². The Hall–Kier alpha value is -2.93. The highest BCUT2D eigenvalue weighted by Crippen LogP contribution is 2.27. The molecule has 4 rings (SSSR count). The Morgan fingerprint density at radius 1 is 1.20 bits per heavy atom.